The predicted octanol–water partition coefficient (Wildman–Crippen LogP) is 1.99. The summed E-state index contributed by atoms with van der Waals surface area (Å²) in [6.45, 7) is 2.90. The zero-order chi connectivity index (χ0) is 9.97. The van der Waals surface area contributed by atoms with Crippen molar-refractivity contribution >= 4 is 17.4 Å². The first-order chi connectivity index (χ1) is 6.81. The number of hydrogen-bond donors (Lipinski definition) is 0. The fourth-order valence-electron chi connectivity index (χ4n) is 1.55. The summed E-state index contributed by atoms with van der Waals surface area (Å²) in [5, 5.41) is 8.10. The first kappa shape index (κ1) is 9.71. The van der Waals surface area contributed by atoms with Gasteiger partial charge in [0.2, 0.25) is 0 Å². The summed E-state index contributed by atoms with van der Waals surface area (Å²) in [6, 6.07) is 2.71. The first-order valence-corrected chi connectivity index (χ1v) is 5.46. The van der Waals surface area contributed by atoms with Gasteiger partial charge in [0.25, 0.3) is 0 Å². The van der Waals surface area contributed by atoms with Gasteiger partial charge in [-0.2, -0.15) is 5.10 Å². The van der Waals surface area contributed by atoms with Crippen LogP contribution in [-0.2, 0) is 0 Å². The molecule has 0 spiro atoms. The Morgan fingerprint density at radius 3 is 2.93 bits per heavy atom. The van der Waals surface area contributed by atoms with Crippen molar-refractivity contribution in [2.75, 3.05) is 17.3 Å². The monoisotopic (exact) mass is 211 g/mol. The van der Waals surface area contributed by atoms with Crippen LogP contribution in [0, 0.1) is 6.92 Å². The minimum atomic E-state index is 0.643. The van der Waals surface area contributed by atoms with E-state index in [2.05, 4.69) is 21.2 Å². The molecule has 1 fully saturated rings. The Labute approximate surface area is 89.1 Å². The molecule has 2 rings (SSSR count). The summed E-state index contributed by atoms with van der Waals surface area (Å²) >= 11 is 5.77. The van der Waals surface area contributed by atoms with E-state index in [0.717, 1.165) is 17.9 Å². The highest BCUT2D eigenvalue weighted by atomic mass is 35.5. The van der Waals surface area contributed by atoms with Gasteiger partial charge in [-0.1, -0.05) is 0 Å². The van der Waals surface area contributed by atoms with Gasteiger partial charge in [-0.3, -0.25) is 0 Å². The maximum absolute atomic E-state index is 5.77. The van der Waals surface area contributed by atoms with E-state index in [4.69, 9.17) is 11.6 Å². The van der Waals surface area contributed by atoms with Crippen molar-refractivity contribution in [3.63, 3.8) is 0 Å². The van der Waals surface area contributed by atoms with Crippen LogP contribution in [0.5, 0.6) is 0 Å². The molecule has 1 heterocycles. The van der Waals surface area contributed by atoms with Crippen LogP contribution in [0.3, 0.4) is 0 Å². The zero-order valence-corrected chi connectivity index (χ0v) is 9.04. The molecule has 4 heteroatoms. The van der Waals surface area contributed by atoms with E-state index < -0.39 is 0 Å². The maximum Gasteiger partial charge on any atom is 0.151 e. The van der Waals surface area contributed by atoms with Crippen molar-refractivity contribution in [3.05, 3.63) is 17.8 Å². The Hall–Kier alpha value is -0.830. The molecule has 3 nitrogen and oxygen atoms in total. The summed E-state index contributed by atoms with van der Waals surface area (Å²) in [4.78, 5) is 2.26. The molecule has 0 bridgehead atoms. The Balaban J connectivity index is 2.16. The van der Waals surface area contributed by atoms with Crippen molar-refractivity contribution in [2.45, 2.75) is 25.8 Å². The predicted molar refractivity (Wildman–Crippen MR) is 57.9 cm³/mol. The fourth-order valence-corrected chi connectivity index (χ4v) is 1.73. The summed E-state index contributed by atoms with van der Waals surface area (Å²) in [5.41, 5.74) is 1.15. The second kappa shape index (κ2) is 4.13. The van der Waals surface area contributed by atoms with E-state index >= 15 is 0 Å². The fraction of sp³-hybridized carbons (Fsp3) is 0.600. The van der Waals surface area contributed by atoms with Gasteiger partial charge in [0.1, 0.15) is 0 Å². The molecule has 0 amide bonds. The normalized spacial score (nSPS) is 15.6. The average Bonchev–Trinajstić information content (AvgIpc) is 2.97. The van der Waals surface area contributed by atoms with Crippen molar-refractivity contribution in [3.8, 4) is 0 Å². The molecule has 0 N–H and O–H groups in total. The van der Waals surface area contributed by atoms with Crippen LogP contribution in [0.1, 0.15) is 18.4 Å². The lowest BCUT2D eigenvalue weighted by Crippen LogP contribution is -2.28. The van der Waals surface area contributed by atoms with Gasteiger partial charge >= 0.3 is 0 Å². The molecule has 0 aliphatic heterocycles. The lowest BCUT2D eigenvalue weighted by molar-refractivity contribution is 0.792. The van der Waals surface area contributed by atoms with Crippen molar-refractivity contribution in [2.24, 2.45) is 0 Å². The number of nitrogens with zero attached hydrogens (tertiary/aromatic N) is 3. The Kier molecular flexibility index (Phi) is 2.87. The second-order valence-corrected chi connectivity index (χ2v) is 4.08. The molecule has 14 heavy (non-hydrogen) atoms. The third-order valence-electron chi connectivity index (χ3n) is 2.39. The summed E-state index contributed by atoms with van der Waals surface area (Å²) in [5.74, 6) is 1.61. The van der Waals surface area contributed by atoms with Gasteiger partial charge < -0.3 is 4.90 Å². The third kappa shape index (κ3) is 2.15. The number of rotatable bonds is 4. The Morgan fingerprint density at radius 2 is 2.36 bits per heavy atom. The highest BCUT2D eigenvalue weighted by Crippen LogP contribution is 2.30. The van der Waals surface area contributed by atoms with Crippen LogP contribution >= 0.6 is 11.6 Å². The molecule has 1 aliphatic rings. The number of halogens is 1. The molecule has 1 saturated carbocycles. The maximum atomic E-state index is 5.77. The van der Waals surface area contributed by atoms with Gasteiger partial charge in [0.15, 0.2) is 5.82 Å². The van der Waals surface area contributed by atoms with E-state index in [1.807, 2.05) is 6.92 Å². The molecule has 0 saturated heterocycles. The van der Waals surface area contributed by atoms with E-state index in [9.17, 15) is 0 Å². The summed E-state index contributed by atoms with van der Waals surface area (Å²) < 4.78 is 0. The molecule has 0 unspecified atom stereocenters. The molecule has 0 aromatic carbocycles. The molecule has 1 aromatic rings. The van der Waals surface area contributed by atoms with Crippen LogP contribution in [-0.4, -0.2) is 28.7 Å². The topological polar surface area (TPSA) is 29.0 Å². The second-order valence-electron chi connectivity index (χ2n) is 3.70. The van der Waals surface area contributed by atoms with Gasteiger partial charge in [-0.25, -0.2) is 0 Å². The standard InChI is InChI=1S/C10H14ClN3/c1-8-6-10(13-12-7-8)14(5-4-11)9-2-3-9/h6-7,9H,2-5H2,1H3. The van der Waals surface area contributed by atoms with Crippen LogP contribution in [0.15, 0.2) is 12.3 Å². The zero-order valence-electron chi connectivity index (χ0n) is 8.28. The van der Waals surface area contributed by atoms with Crippen LogP contribution in [0.25, 0.3) is 0 Å². The molecular formula is C10H14ClN3. The molecular weight excluding hydrogens is 198 g/mol. The van der Waals surface area contributed by atoms with Gasteiger partial charge in [0.05, 0.1) is 6.20 Å². The third-order valence-corrected chi connectivity index (χ3v) is 2.55. The Bertz CT molecular complexity index is 312. The Morgan fingerprint density at radius 1 is 1.57 bits per heavy atom. The van der Waals surface area contributed by atoms with Crippen molar-refractivity contribution < 1.29 is 0 Å². The summed E-state index contributed by atoms with van der Waals surface area (Å²) in [7, 11) is 0. The van der Waals surface area contributed by atoms with Gasteiger partial charge in [-0.15, -0.1) is 16.7 Å². The van der Waals surface area contributed by atoms with E-state index in [1.165, 1.54) is 12.8 Å². The molecule has 1 aromatic heterocycles. The van der Waals surface area contributed by atoms with Crippen molar-refractivity contribution in [1.29, 1.82) is 0 Å². The smallest absolute Gasteiger partial charge is 0.151 e. The molecule has 1 aliphatic carbocycles. The lowest BCUT2D eigenvalue weighted by Gasteiger charge is -2.21. The van der Waals surface area contributed by atoms with Gasteiger partial charge in [0, 0.05) is 18.5 Å². The van der Waals surface area contributed by atoms with E-state index in [0.29, 0.717) is 11.9 Å². The number of alkyl halides is 1. The SMILES string of the molecule is Cc1cnnc(N(CCCl)C2CC2)c1. The van der Waals surface area contributed by atoms with E-state index in [1.54, 1.807) is 6.20 Å². The largest absolute Gasteiger partial charge is 0.351 e. The molecule has 0 radical (unpaired) electrons. The van der Waals surface area contributed by atoms with Crippen LogP contribution in [0.2, 0.25) is 0 Å². The molecule has 76 valence electrons. The first-order valence-electron chi connectivity index (χ1n) is 4.93. The molecule has 0 atom stereocenters. The number of anilines is 1. The van der Waals surface area contributed by atoms with Crippen LogP contribution < -0.4 is 4.90 Å². The quantitative estimate of drug-likeness (QED) is 0.714. The number of aromatic nitrogens is 2. The van der Waals surface area contributed by atoms with E-state index in [-0.39, 0.29) is 0 Å². The summed E-state index contributed by atoms with van der Waals surface area (Å²) in [6.07, 6.45) is 4.29. The highest BCUT2D eigenvalue weighted by molar-refractivity contribution is 6.18. The minimum absolute atomic E-state index is 0.643. The van der Waals surface area contributed by atoms with Gasteiger partial charge in [-0.05, 0) is 31.4 Å². The number of aryl methyl sites for hydroxylation is 1. The minimum Gasteiger partial charge on any atom is -0.351 e. The highest BCUT2D eigenvalue weighted by Gasteiger charge is 2.29. The van der Waals surface area contributed by atoms with Crippen molar-refractivity contribution in [1.82, 2.24) is 10.2 Å². The lowest BCUT2D eigenvalue weighted by atomic mass is 10.3. The average molecular weight is 212 g/mol. The number of hydrogen-bond acceptors (Lipinski definition) is 3. The van der Waals surface area contributed by atoms with Crippen LogP contribution in [0.4, 0.5) is 5.82 Å².